The van der Waals surface area contributed by atoms with E-state index in [4.69, 9.17) is 0 Å². The van der Waals surface area contributed by atoms with Crippen molar-refractivity contribution in [2.75, 3.05) is 7.05 Å². The summed E-state index contributed by atoms with van der Waals surface area (Å²) in [4.78, 5) is 0. The SMILES string of the molecule is C=CCC(/C=C\C)=C(/CC)NC. The number of nitrogens with one attached hydrogen (secondary N) is 1. The summed E-state index contributed by atoms with van der Waals surface area (Å²) in [7, 11) is 1.96. The number of hydrogen-bond donors (Lipinski definition) is 1. The Morgan fingerprint density at radius 1 is 1.50 bits per heavy atom. The second-order valence-electron chi connectivity index (χ2n) is 2.60. The van der Waals surface area contributed by atoms with Crippen LogP contribution in [0.2, 0.25) is 0 Å². The highest BCUT2D eigenvalue weighted by Gasteiger charge is 1.97. The molecule has 0 atom stereocenters. The Labute approximate surface area is 75.9 Å². The summed E-state index contributed by atoms with van der Waals surface area (Å²) in [6.45, 7) is 7.92. The summed E-state index contributed by atoms with van der Waals surface area (Å²) in [5, 5.41) is 3.20. The molecular weight excluding hydrogens is 146 g/mol. The highest BCUT2D eigenvalue weighted by atomic mass is 14.8. The average Bonchev–Trinajstić information content (AvgIpc) is 2.07. The van der Waals surface area contributed by atoms with Gasteiger partial charge in [0.1, 0.15) is 0 Å². The van der Waals surface area contributed by atoms with Crippen LogP contribution >= 0.6 is 0 Å². The normalized spacial score (nSPS) is 12.9. The van der Waals surface area contributed by atoms with Crippen molar-refractivity contribution < 1.29 is 0 Å². The molecule has 0 heterocycles. The Hall–Kier alpha value is -0.980. The van der Waals surface area contributed by atoms with Gasteiger partial charge in [-0.25, -0.2) is 0 Å². The predicted octanol–water partition coefficient (Wildman–Crippen LogP) is 3.02. The summed E-state index contributed by atoms with van der Waals surface area (Å²) in [5.74, 6) is 0. The van der Waals surface area contributed by atoms with E-state index in [1.165, 1.54) is 11.3 Å². The van der Waals surface area contributed by atoms with Gasteiger partial charge in [-0.3, -0.25) is 0 Å². The summed E-state index contributed by atoms with van der Waals surface area (Å²) >= 11 is 0. The molecule has 0 aromatic rings. The Balaban J connectivity index is 4.61. The van der Waals surface area contributed by atoms with E-state index in [-0.39, 0.29) is 0 Å². The first-order valence-corrected chi connectivity index (χ1v) is 4.43. The highest BCUT2D eigenvalue weighted by Crippen LogP contribution is 2.11. The van der Waals surface area contributed by atoms with E-state index in [1.54, 1.807) is 0 Å². The van der Waals surface area contributed by atoms with Gasteiger partial charge in [-0.15, -0.1) is 6.58 Å². The van der Waals surface area contributed by atoms with Crippen molar-refractivity contribution in [2.45, 2.75) is 26.7 Å². The van der Waals surface area contributed by atoms with Crippen LogP contribution in [-0.4, -0.2) is 7.05 Å². The van der Waals surface area contributed by atoms with Gasteiger partial charge < -0.3 is 5.32 Å². The molecule has 0 aliphatic heterocycles. The minimum Gasteiger partial charge on any atom is -0.391 e. The highest BCUT2D eigenvalue weighted by molar-refractivity contribution is 5.26. The van der Waals surface area contributed by atoms with Crippen molar-refractivity contribution in [3.63, 3.8) is 0 Å². The average molecular weight is 165 g/mol. The third kappa shape index (κ3) is 3.42. The first-order valence-electron chi connectivity index (χ1n) is 4.43. The van der Waals surface area contributed by atoms with E-state index in [0.29, 0.717) is 0 Å². The molecule has 0 radical (unpaired) electrons. The van der Waals surface area contributed by atoms with Gasteiger partial charge in [-0.05, 0) is 25.3 Å². The summed E-state index contributed by atoms with van der Waals surface area (Å²) < 4.78 is 0. The van der Waals surface area contributed by atoms with E-state index >= 15 is 0 Å². The fourth-order valence-electron chi connectivity index (χ4n) is 1.21. The van der Waals surface area contributed by atoms with Crippen molar-refractivity contribution in [1.29, 1.82) is 0 Å². The molecule has 1 nitrogen and oxygen atoms in total. The van der Waals surface area contributed by atoms with Crippen molar-refractivity contribution in [2.24, 2.45) is 0 Å². The van der Waals surface area contributed by atoms with Crippen LogP contribution in [0.25, 0.3) is 0 Å². The molecule has 12 heavy (non-hydrogen) atoms. The Morgan fingerprint density at radius 3 is 2.50 bits per heavy atom. The minimum absolute atomic E-state index is 0.939. The maximum atomic E-state index is 3.74. The van der Waals surface area contributed by atoms with Crippen LogP contribution in [0.1, 0.15) is 26.7 Å². The van der Waals surface area contributed by atoms with Crippen LogP contribution in [0.15, 0.2) is 36.1 Å². The molecule has 0 saturated carbocycles. The molecule has 0 aromatic heterocycles. The number of hydrogen-bond acceptors (Lipinski definition) is 1. The van der Waals surface area contributed by atoms with Gasteiger partial charge in [0.25, 0.3) is 0 Å². The standard InChI is InChI=1S/C11H19N/c1-5-8-10(9-6-2)11(7-3)12-4/h5-6,9,12H,1,7-8H2,2-4H3/b9-6-,11-10+. The third-order valence-corrected chi connectivity index (χ3v) is 1.78. The van der Waals surface area contributed by atoms with Crippen LogP contribution in [0.4, 0.5) is 0 Å². The lowest BCUT2D eigenvalue weighted by Gasteiger charge is -2.08. The maximum Gasteiger partial charge on any atom is 0.0137 e. The van der Waals surface area contributed by atoms with E-state index in [2.05, 4.69) is 31.0 Å². The summed E-state index contributed by atoms with van der Waals surface area (Å²) in [6.07, 6.45) is 8.11. The van der Waals surface area contributed by atoms with E-state index < -0.39 is 0 Å². The molecule has 1 N–H and O–H groups in total. The molecule has 0 aliphatic rings. The first-order chi connectivity index (χ1) is 5.79. The van der Waals surface area contributed by atoms with Gasteiger partial charge >= 0.3 is 0 Å². The Morgan fingerprint density at radius 2 is 2.17 bits per heavy atom. The van der Waals surface area contributed by atoms with Crippen molar-refractivity contribution >= 4 is 0 Å². The molecule has 68 valence electrons. The molecule has 0 fully saturated rings. The summed E-state index contributed by atoms with van der Waals surface area (Å²) in [6, 6.07) is 0. The molecule has 0 saturated heterocycles. The zero-order valence-electron chi connectivity index (χ0n) is 8.35. The molecule has 0 amide bonds. The molecule has 0 rings (SSSR count). The van der Waals surface area contributed by atoms with Gasteiger partial charge in [-0.1, -0.05) is 25.2 Å². The molecule has 0 aromatic carbocycles. The molecular formula is C11H19N. The monoisotopic (exact) mass is 165 g/mol. The van der Waals surface area contributed by atoms with E-state index in [9.17, 15) is 0 Å². The zero-order valence-corrected chi connectivity index (χ0v) is 8.35. The molecule has 0 spiro atoms. The predicted molar refractivity (Wildman–Crippen MR) is 56.0 cm³/mol. The Kier molecular flexibility index (Phi) is 6.16. The van der Waals surface area contributed by atoms with Crippen LogP contribution in [0, 0.1) is 0 Å². The lowest BCUT2D eigenvalue weighted by molar-refractivity contribution is 0.873. The fourth-order valence-corrected chi connectivity index (χ4v) is 1.21. The largest absolute Gasteiger partial charge is 0.391 e. The topological polar surface area (TPSA) is 12.0 Å². The quantitative estimate of drug-likeness (QED) is 0.488. The summed E-state index contributed by atoms with van der Waals surface area (Å²) in [5.41, 5.74) is 2.63. The van der Waals surface area contributed by atoms with Gasteiger partial charge in [0.05, 0.1) is 0 Å². The molecule has 0 aliphatic carbocycles. The number of allylic oxidation sites excluding steroid dienone is 5. The van der Waals surface area contributed by atoms with Crippen LogP contribution in [0.3, 0.4) is 0 Å². The van der Waals surface area contributed by atoms with Gasteiger partial charge in [0.15, 0.2) is 0 Å². The van der Waals surface area contributed by atoms with Gasteiger partial charge in [-0.2, -0.15) is 0 Å². The lowest BCUT2D eigenvalue weighted by atomic mass is 10.1. The zero-order chi connectivity index (χ0) is 9.40. The fraction of sp³-hybridized carbons (Fsp3) is 0.455. The number of rotatable bonds is 5. The van der Waals surface area contributed by atoms with Gasteiger partial charge in [0, 0.05) is 12.7 Å². The molecule has 0 bridgehead atoms. The van der Waals surface area contributed by atoms with E-state index in [0.717, 1.165) is 12.8 Å². The maximum absolute atomic E-state index is 3.74. The van der Waals surface area contributed by atoms with Crippen LogP contribution in [-0.2, 0) is 0 Å². The minimum atomic E-state index is 0.939. The third-order valence-electron chi connectivity index (χ3n) is 1.78. The lowest BCUT2D eigenvalue weighted by Crippen LogP contribution is -2.07. The van der Waals surface area contributed by atoms with Crippen molar-refractivity contribution in [3.8, 4) is 0 Å². The Bertz CT molecular complexity index is 181. The van der Waals surface area contributed by atoms with Crippen molar-refractivity contribution in [1.82, 2.24) is 5.32 Å². The van der Waals surface area contributed by atoms with Crippen LogP contribution < -0.4 is 5.32 Å². The molecule has 1 heteroatoms. The van der Waals surface area contributed by atoms with E-state index in [1.807, 2.05) is 20.0 Å². The second kappa shape index (κ2) is 6.71. The van der Waals surface area contributed by atoms with Crippen LogP contribution in [0.5, 0.6) is 0 Å². The second-order valence-corrected chi connectivity index (χ2v) is 2.60. The van der Waals surface area contributed by atoms with Gasteiger partial charge in [0.2, 0.25) is 0 Å². The molecule has 0 unspecified atom stereocenters. The first kappa shape index (κ1) is 11.0. The van der Waals surface area contributed by atoms with Crippen molar-refractivity contribution in [3.05, 3.63) is 36.1 Å². The smallest absolute Gasteiger partial charge is 0.0137 e.